The zero-order chi connectivity index (χ0) is 19.9. The summed E-state index contributed by atoms with van der Waals surface area (Å²) in [5.74, 6) is -1.01. The Morgan fingerprint density at radius 3 is 2.79 bits per heavy atom. The number of amides is 1. The van der Waals surface area contributed by atoms with Gasteiger partial charge < -0.3 is 5.32 Å². The number of rotatable bonds is 6. The van der Waals surface area contributed by atoms with E-state index in [0.717, 1.165) is 50.3 Å². The number of pyridine rings is 1. The van der Waals surface area contributed by atoms with E-state index in [9.17, 15) is 19.3 Å². The van der Waals surface area contributed by atoms with Gasteiger partial charge in [0.25, 0.3) is 5.69 Å². The van der Waals surface area contributed by atoms with E-state index in [1.165, 1.54) is 18.2 Å². The molecular weight excluding hydrogens is 363 g/mol. The van der Waals surface area contributed by atoms with Crippen molar-refractivity contribution in [3.05, 3.63) is 75.9 Å². The number of carbonyl (C=O) groups is 1. The summed E-state index contributed by atoms with van der Waals surface area (Å²) >= 11 is 0. The van der Waals surface area contributed by atoms with Gasteiger partial charge in [0.2, 0.25) is 5.91 Å². The molecule has 1 aliphatic heterocycles. The largest absolute Gasteiger partial charge is 0.350 e. The van der Waals surface area contributed by atoms with Crippen LogP contribution in [0.3, 0.4) is 0 Å². The Bertz CT molecular complexity index is 865. The van der Waals surface area contributed by atoms with E-state index in [0.29, 0.717) is 0 Å². The number of benzene rings is 1. The fourth-order valence-corrected chi connectivity index (χ4v) is 3.19. The molecule has 0 spiro atoms. The van der Waals surface area contributed by atoms with Crippen LogP contribution in [0.2, 0.25) is 0 Å². The highest BCUT2D eigenvalue weighted by Gasteiger charge is 2.20. The molecule has 8 heteroatoms. The van der Waals surface area contributed by atoms with Crippen LogP contribution in [0.5, 0.6) is 0 Å². The third kappa shape index (κ3) is 5.43. The number of halogens is 1. The molecule has 1 aliphatic rings. The van der Waals surface area contributed by atoms with Crippen LogP contribution in [0.15, 0.2) is 48.7 Å². The lowest BCUT2D eigenvalue weighted by molar-refractivity contribution is -0.385. The molecule has 0 saturated carbocycles. The van der Waals surface area contributed by atoms with E-state index in [1.54, 1.807) is 6.20 Å². The third-order valence-electron chi connectivity index (χ3n) is 4.65. The van der Waals surface area contributed by atoms with Gasteiger partial charge in [-0.25, -0.2) is 4.39 Å². The van der Waals surface area contributed by atoms with Crippen LogP contribution in [0.25, 0.3) is 6.08 Å². The molecule has 1 N–H and O–H groups in total. The summed E-state index contributed by atoms with van der Waals surface area (Å²) in [6.07, 6.45) is 6.01. The monoisotopic (exact) mass is 384 g/mol. The van der Waals surface area contributed by atoms with E-state index in [-0.39, 0.29) is 23.2 Å². The predicted octanol–water partition coefficient (Wildman–Crippen LogP) is 2.92. The van der Waals surface area contributed by atoms with Crippen LogP contribution in [0.4, 0.5) is 10.1 Å². The first-order chi connectivity index (χ1) is 13.5. The van der Waals surface area contributed by atoms with E-state index in [4.69, 9.17) is 0 Å². The van der Waals surface area contributed by atoms with Gasteiger partial charge in [-0.05, 0) is 43.2 Å². The van der Waals surface area contributed by atoms with Crippen molar-refractivity contribution >= 4 is 17.7 Å². The third-order valence-corrected chi connectivity index (χ3v) is 4.65. The SMILES string of the molecule is O=C(C=Cc1ccc(F)cc1[N+](=O)[O-])NC1CCN(Cc2ccccn2)CC1. The second kappa shape index (κ2) is 9.18. The number of nitrogens with one attached hydrogen (secondary N) is 1. The van der Waals surface area contributed by atoms with Crippen molar-refractivity contribution in [1.82, 2.24) is 15.2 Å². The lowest BCUT2D eigenvalue weighted by Crippen LogP contribution is -2.43. The molecule has 0 bridgehead atoms. The van der Waals surface area contributed by atoms with E-state index in [2.05, 4.69) is 15.2 Å². The van der Waals surface area contributed by atoms with Gasteiger partial charge in [0.1, 0.15) is 5.82 Å². The van der Waals surface area contributed by atoms with E-state index < -0.39 is 10.7 Å². The first-order valence-electron chi connectivity index (χ1n) is 9.06. The summed E-state index contributed by atoms with van der Waals surface area (Å²) in [7, 11) is 0. The van der Waals surface area contributed by atoms with Crippen LogP contribution >= 0.6 is 0 Å². The highest BCUT2D eigenvalue weighted by atomic mass is 19.1. The maximum Gasteiger partial charge on any atom is 0.279 e. The molecule has 0 atom stereocenters. The number of piperidine rings is 1. The van der Waals surface area contributed by atoms with E-state index in [1.807, 2.05) is 18.2 Å². The Morgan fingerprint density at radius 2 is 2.11 bits per heavy atom. The summed E-state index contributed by atoms with van der Waals surface area (Å²) in [6.45, 7) is 2.50. The Hall–Kier alpha value is -3.13. The smallest absolute Gasteiger partial charge is 0.279 e. The van der Waals surface area contributed by atoms with Crippen molar-refractivity contribution in [1.29, 1.82) is 0 Å². The molecule has 146 valence electrons. The molecule has 0 unspecified atom stereocenters. The molecule has 7 nitrogen and oxygen atoms in total. The standard InChI is InChI=1S/C20H21FN4O3/c21-16-6-4-15(19(13-16)25(27)28)5-7-20(26)23-17-8-11-24(12-9-17)14-18-3-1-2-10-22-18/h1-7,10,13,17H,8-9,11-12,14H2,(H,23,26). The fourth-order valence-electron chi connectivity index (χ4n) is 3.19. The summed E-state index contributed by atoms with van der Waals surface area (Å²) in [6, 6.07) is 9.16. The van der Waals surface area contributed by atoms with Crippen molar-refractivity contribution in [3.63, 3.8) is 0 Å². The normalized spacial score (nSPS) is 15.6. The predicted molar refractivity (Wildman–Crippen MR) is 103 cm³/mol. The van der Waals surface area contributed by atoms with Gasteiger partial charge in [0, 0.05) is 37.9 Å². The number of carbonyl (C=O) groups excluding carboxylic acids is 1. The number of nitro groups is 1. The van der Waals surface area contributed by atoms with Crippen molar-refractivity contribution in [2.75, 3.05) is 13.1 Å². The van der Waals surface area contributed by atoms with Gasteiger partial charge in [-0.1, -0.05) is 6.07 Å². The average molecular weight is 384 g/mol. The summed E-state index contributed by atoms with van der Waals surface area (Å²) < 4.78 is 13.2. The maximum atomic E-state index is 13.2. The minimum atomic E-state index is -0.689. The Labute approximate surface area is 162 Å². The van der Waals surface area contributed by atoms with Crippen molar-refractivity contribution in [2.24, 2.45) is 0 Å². The van der Waals surface area contributed by atoms with Crippen LogP contribution in [-0.4, -0.2) is 39.8 Å². The molecule has 1 amide bonds. The number of likely N-dealkylation sites (tertiary alicyclic amines) is 1. The molecule has 1 aromatic carbocycles. The quantitative estimate of drug-likeness (QED) is 0.470. The van der Waals surface area contributed by atoms with Crippen molar-refractivity contribution < 1.29 is 14.1 Å². The molecule has 1 fully saturated rings. The molecule has 0 aliphatic carbocycles. The topological polar surface area (TPSA) is 88.4 Å². The molecule has 0 radical (unpaired) electrons. The number of aromatic nitrogens is 1. The van der Waals surface area contributed by atoms with Crippen LogP contribution < -0.4 is 5.32 Å². The summed E-state index contributed by atoms with van der Waals surface area (Å²) in [5.41, 5.74) is 0.840. The molecule has 2 heterocycles. The van der Waals surface area contributed by atoms with Gasteiger partial charge in [-0.2, -0.15) is 0 Å². The number of nitro benzene ring substituents is 1. The molecule has 1 aromatic heterocycles. The molecule has 1 saturated heterocycles. The molecule has 28 heavy (non-hydrogen) atoms. The number of nitrogens with zero attached hydrogens (tertiary/aromatic N) is 3. The fraction of sp³-hybridized carbons (Fsp3) is 0.300. The average Bonchev–Trinajstić information content (AvgIpc) is 2.69. The molecular formula is C20H21FN4O3. The molecule has 3 rings (SSSR count). The van der Waals surface area contributed by atoms with Gasteiger partial charge >= 0.3 is 0 Å². The Balaban J connectivity index is 1.50. The van der Waals surface area contributed by atoms with Crippen molar-refractivity contribution in [3.8, 4) is 0 Å². The van der Waals surface area contributed by atoms with Gasteiger partial charge in [0.15, 0.2) is 0 Å². The lowest BCUT2D eigenvalue weighted by atomic mass is 10.0. The zero-order valence-corrected chi connectivity index (χ0v) is 15.3. The first-order valence-corrected chi connectivity index (χ1v) is 9.06. The van der Waals surface area contributed by atoms with Gasteiger partial charge in [-0.3, -0.25) is 24.8 Å². The summed E-state index contributed by atoms with van der Waals surface area (Å²) in [5, 5.41) is 13.9. The second-order valence-corrected chi connectivity index (χ2v) is 6.67. The summed E-state index contributed by atoms with van der Waals surface area (Å²) in [4.78, 5) is 29.1. The Kier molecular flexibility index (Phi) is 6.44. The molecule has 2 aromatic rings. The minimum Gasteiger partial charge on any atom is -0.350 e. The maximum absolute atomic E-state index is 13.2. The Morgan fingerprint density at radius 1 is 1.32 bits per heavy atom. The lowest BCUT2D eigenvalue weighted by Gasteiger charge is -2.31. The van der Waals surface area contributed by atoms with Crippen LogP contribution in [0, 0.1) is 15.9 Å². The second-order valence-electron chi connectivity index (χ2n) is 6.67. The van der Waals surface area contributed by atoms with Gasteiger partial charge in [-0.15, -0.1) is 0 Å². The highest BCUT2D eigenvalue weighted by Crippen LogP contribution is 2.21. The highest BCUT2D eigenvalue weighted by molar-refractivity contribution is 5.92. The van der Waals surface area contributed by atoms with E-state index >= 15 is 0 Å². The zero-order valence-electron chi connectivity index (χ0n) is 15.3. The van der Waals surface area contributed by atoms with Crippen LogP contribution in [-0.2, 0) is 11.3 Å². The minimum absolute atomic E-state index is 0.0559. The van der Waals surface area contributed by atoms with Gasteiger partial charge in [0.05, 0.1) is 22.2 Å². The first kappa shape index (κ1) is 19.6. The van der Waals surface area contributed by atoms with Crippen LogP contribution in [0.1, 0.15) is 24.1 Å². The number of hydrogen-bond acceptors (Lipinski definition) is 5. The number of hydrogen-bond donors (Lipinski definition) is 1. The van der Waals surface area contributed by atoms with Crippen molar-refractivity contribution in [2.45, 2.75) is 25.4 Å².